The van der Waals surface area contributed by atoms with E-state index >= 15 is 0 Å². The second-order valence-electron chi connectivity index (χ2n) is 4.98. The molecule has 2 atom stereocenters. The molecule has 3 nitrogen and oxygen atoms in total. The molecule has 0 aliphatic carbocycles. The summed E-state index contributed by atoms with van der Waals surface area (Å²) in [4.78, 5) is 0. The maximum Gasteiger partial charge on any atom is 0.0576 e. The van der Waals surface area contributed by atoms with Crippen LogP contribution in [0.25, 0.3) is 0 Å². The van der Waals surface area contributed by atoms with Crippen LogP contribution in [0.5, 0.6) is 0 Å². The monoisotopic (exact) mass is 302 g/mol. The Morgan fingerprint density at radius 1 is 1.37 bits per heavy atom. The lowest BCUT2D eigenvalue weighted by Gasteiger charge is -2.19. The third-order valence-electron chi connectivity index (χ3n) is 3.61. The van der Waals surface area contributed by atoms with Crippen LogP contribution in [0.1, 0.15) is 31.2 Å². The molecule has 1 aliphatic heterocycles. The van der Waals surface area contributed by atoms with Gasteiger partial charge in [-0.25, -0.2) is 0 Å². The molecule has 0 aromatic heterocycles. The van der Waals surface area contributed by atoms with Gasteiger partial charge < -0.3 is 4.74 Å². The zero-order chi connectivity index (χ0) is 13.7. The van der Waals surface area contributed by atoms with Crippen molar-refractivity contribution in [3.63, 3.8) is 0 Å². The Kier molecular flexibility index (Phi) is 5.92. The molecule has 106 valence electrons. The van der Waals surface area contributed by atoms with Crippen LogP contribution in [-0.4, -0.2) is 18.8 Å². The van der Waals surface area contributed by atoms with Crippen LogP contribution in [0, 0.1) is 0 Å². The molecule has 0 spiro atoms. The summed E-state index contributed by atoms with van der Waals surface area (Å²) in [6.07, 6.45) is 5.44. The van der Waals surface area contributed by atoms with E-state index in [0.717, 1.165) is 37.9 Å². The van der Waals surface area contributed by atoms with Crippen molar-refractivity contribution in [3.05, 3.63) is 33.8 Å². The molecule has 1 aromatic rings. The molecule has 19 heavy (non-hydrogen) atoms. The molecule has 1 fully saturated rings. The smallest absolute Gasteiger partial charge is 0.0576 e. The molecule has 2 unspecified atom stereocenters. The first kappa shape index (κ1) is 15.1. The lowest BCUT2D eigenvalue weighted by Crippen LogP contribution is -2.37. The Labute approximate surface area is 124 Å². The number of hydrazine groups is 1. The summed E-state index contributed by atoms with van der Waals surface area (Å²) < 4.78 is 5.62. The van der Waals surface area contributed by atoms with E-state index in [1.807, 2.05) is 18.2 Å². The molecule has 0 amide bonds. The van der Waals surface area contributed by atoms with Gasteiger partial charge in [0.2, 0.25) is 0 Å². The number of rotatable bonds is 6. The Morgan fingerprint density at radius 2 is 2.11 bits per heavy atom. The number of hydrogen-bond donors (Lipinski definition) is 2. The van der Waals surface area contributed by atoms with E-state index in [4.69, 9.17) is 33.8 Å². The third kappa shape index (κ3) is 4.33. The van der Waals surface area contributed by atoms with Gasteiger partial charge in [-0.1, -0.05) is 29.3 Å². The van der Waals surface area contributed by atoms with Crippen LogP contribution in [0.2, 0.25) is 10.0 Å². The minimum Gasteiger partial charge on any atom is -0.378 e. The maximum absolute atomic E-state index is 6.18. The number of ether oxygens (including phenoxy) is 1. The highest BCUT2D eigenvalue weighted by Crippen LogP contribution is 2.27. The van der Waals surface area contributed by atoms with Gasteiger partial charge in [0.15, 0.2) is 0 Å². The van der Waals surface area contributed by atoms with Gasteiger partial charge in [-0.15, -0.1) is 0 Å². The standard InChI is InChI=1S/C14H20Cl2N2O/c15-13-4-1-5-14(16)12(13)9-10(18-17)6-7-11-3-2-8-19-11/h1,4-5,10-11,18H,2-3,6-9,17H2. The zero-order valence-electron chi connectivity index (χ0n) is 10.9. The summed E-state index contributed by atoms with van der Waals surface area (Å²) in [5.41, 5.74) is 3.82. The lowest BCUT2D eigenvalue weighted by atomic mass is 9.99. The van der Waals surface area contributed by atoms with Gasteiger partial charge in [-0.05, 0) is 49.8 Å². The number of hydrogen-bond acceptors (Lipinski definition) is 3. The van der Waals surface area contributed by atoms with Crippen molar-refractivity contribution < 1.29 is 4.74 Å². The first-order valence-corrected chi connectivity index (χ1v) is 7.47. The molecule has 1 aromatic carbocycles. The fraction of sp³-hybridized carbons (Fsp3) is 0.571. The third-order valence-corrected chi connectivity index (χ3v) is 4.32. The van der Waals surface area contributed by atoms with Crippen molar-refractivity contribution in [2.75, 3.05) is 6.61 Å². The van der Waals surface area contributed by atoms with Crippen LogP contribution >= 0.6 is 23.2 Å². The molecular formula is C14H20Cl2N2O. The molecule has 3 N–H and O–H groups in total. The second-order valence-corrected chi connectivity index (χ2v) is 5.79. The summed E-state index contributed by atoms with van der Waals surface area (Å²) >= 11 is 12.4. The highest BCUT2D eigenvalue weighted by atomic mass is 35.5. The molecular weight excluding hydrogens is 283 g/mol. The normalized spacial score (nSPS) is 20.7. The van der Waals surface area contributed by atoms with Crippen LogP contribution in [0.4, 0.5) is 0 Å². The van der Waals surface area contributed by atoms with E-state index in [-0.39, 0.29) is 6.04 Å². The van der Waals surface area contributed by atoms with Gasteiger partial charge in [-0.3, -0.25) is 11.3 Å². The Balaban J connectivity index is 1.90. The average molecular weight is 303 g/mol. The summed E-state index contributed by atoms with van der Waals surface area (Å²) in [6.45, 7) is 0.891. The van der Waals surface area contributed by atoms with E-state index in [1.165, 1.54) is 6.42 Å². The summed E-state index contributed by atoms with van der Waals surface area (Å²) in [5, 5.41) is 1.40. The van der Waals surface area contributed by atoms with Gasteiger partial charge in [0.05, 0.1) is 6.10 Å². The lowest BCUT2D eigenvalue weighted by molar-refractivity contribution is 0.0996. The zero-order valence-corrected chi connectivity index (χ0v) is 12.4. The number of benzene rings is 1. The minimum absolute atomic E-state index is 0.168. The van der Waals surface area contributed by atoms with Crippen LogP contribution in [-0.2, 0) is 11.2 Å². The highest BCUT2D eigenvalue weighted by Gasteiger charge is 2.19. The molecule has 1 heterocycles. The number of nitrogens with one attached hydrogen (secondary N) is 1. The molecule has 1 saturated heterocycles. The van der Waals surface area contributed by atoms with Crippen LogP contribution in [0.15, 0.2) is 18.2 Å². The molecule has 2 rings (SSSR count). The fourth-order valence-electron chi connectivity index (χ4n) is 2.48. The predicted octanol–water partition coefficient (Wildman–Crippen LogP) is 3.33. The van der Waals surface area contributed by atoms with E-state index in [0.29, 0.717) is 16.1 Å². The average Bonchev–Trinajstić information content (AvgIpc) is 2.91. The summed E-state index contributed by atoms with van der Waals surface area (Å²) in [6, 6.07) is 5.74. The first-order chi connectivity index (χ1) is 9.20. The van der Waals surface area contributed by atoms with Crippen LogP contribution in [0.3, 0.4) is 0 Å². The van der Waals surface area contributed by atoms with Gasteiger partial charge in [-0.2, -0.15) is 0 Å². The van der Waals surface area contributed by atoms with Gasteiger partial charge in [0.25, 0.3) is 0 Å². The molecule has 5 heteroatoms. The molecule has 1 aliphatic rings. The van der Waals surface area contributed by atoms with Crippen LogP contribution < -0.4 is 11.3 Å². The topological polar surface area (TPSA) is 47.3 Å². The Morgan fingerprint density at radius 3 is 2.68 bits per heavy atom. The Bertz CT molecular complexity index is 388. The second kappa shape index (κ2) is 7.46. The van der Waals surface area contributed by atoms with E-state index in [2.05, 4.69) is 5.43 Å². The van der Waals surface area contributed by atoms with Crippen molar-refractivity contribution >= 4 is 23.2 Å². The van der Waals surface area contributed by atoms with Gasteiger partial charge in [0, 0.05) is 22.7 Å². The van der Waals surface area contributed by atoms with E-state index in [9.17, 15) is 0 Å². The minimum atomic E-state index is 0.168. The Hall–Kier alpha value is -0.320. The summed E-state index contributed by atoms with van der Waals surface area (Å²) in [5.74, 6) is 5.63. The van der Waals surface area contributed by atoms with Crippen molar-refractivity contribution in [3.8, 4) is 0 Å². The quantitative estimate of drug-likeness (QED) is 0.626. The first-order valence-electron chi connectivity index (χ1n) is 6.71. The SMILES string of the molecule is NNC(CCC1CCCO1)Cc1c(Cl)cccc1Cl. The van der Waals surface area contributed by atoms with Gasteiger partial charge >= 0.3 is 0 Å². The van der Waals surface area contributed by atoms with Crippen molar-refractivity contribution in [1.29, 1.82) is 0 Å². The molecule has 0 radical (unpaired) electrons. The highest BCUT2D eigenvalue weighted by molar-refractivity contribution is 6.35. The van der Waals surface area contributed by atoms with Gasteiger partial charge in [0.1, 0.15) is 0 Å². The van der Waals surface area contributed by atoms with Crippen molar-refractivity contribution in [2.24, 2.45) is 5.84 Å². The largest absolute Gasteiger partial charge is 0.378 e. The van der Waals surface area contributed by atoms with Crippen molar-refractivity contribution in [2.45, 2.75) is 44.2 Å². The molecule has 0 bridgehead atoms. The molecule has 0 saturated carbocycles. The predicted molar refractivity (Wildman–Crippen MR) is 79.5 cm³/mol. The maximum atomic E-state index is 6.18. The van der Waals surface area contributed by atoms with Crippen molar-refractivity contribution in [1.82, 2.24) is 5.43 Å². The van der Waals surface area contributed by atoms with E-state index < -0.39 is 0 Å². The summed E-state index contributed by atoms with van der Waals surface area (Å²) in [7, 11) is 0. The number of halogens is 2. The fourth-order valence-corrected chi connectivity index (χ4v) is 3.03. The number of nitrogens with two attached hydrogens (primary N) is 1. The van der Waals surface area contributed by atoms with E-state index in [1.54, 1.807) is 0 Å².